The average molecular weight is 274 g/mol. The molecule has 0 aromatic carbocycles. The summed E-state index contributed by atoms with van der Waals surface area (Å²) in [6.07, 6.45) is -0.576. The lowest BCUT2D eigenvalue weighted by molar-refractivity contribution is -0.269. The van der Waals surface area contributed by atoms with E-state index in [9.17, 15) is 0 Å². The van der Waals surface area contributed by atoms with Gasteiger partial charge in [0.15, 0.2) is 18.4 Å². The fourth-order valence-electron chi connectivity index (χ4n) is 3.13. The molecule has 0 bridgehead atoms. The molecule has 3 heterocycles. The van der Waals surface area contributed by atoms with E-state index in [4.69, 9.17) is 28.4 Å². The van der Waals surface area contributed by atoms with Crippen LogP contribution >= 0.6 is 0 Å². The summed E-state index contributed by atoms with van der Waals surface area (Å²) in [6, 6.07) is 0. The molecule has 2 atom stereocenters. The first-order valence-corrected chi connectivity index (χ1v) is 6.95. The lowest BCUT2D eigenvalue weighted by Gasteiger charge is -2.39. The molecule has 0 radical (unpaired) electrons. The highest BCUT2D eigenvalue weighted by Crippen LogP contribution is 2.40. The molecule has 3 rings (SSSR count). The van der Waals surface area contributed by atoms with E-state index in [1.54, 1.807) is 0 Å². The zero-order chi connectivity index (χ0) is 13.3. The van der Waals surface area contributed by atoms with Crippen LogP contribution in [0.1, 0.15) is 13.8 Å². The summed E-state index contributed by atoms with van der Waals surface area (Å²) in [5.74, 6) is -0.724. The SMILES string of the molecule is CC(C1OCCO1)C(C1OCCO1)C1(C)OCCO1. The molecule has 2 unspecified atom stereocenters. The third kappa shape index (κ3) is 2.66. The second-order valence-electron chi connectivity index (χ2n) is 5.32. The highest BCUT2D eigenvalue weighted by Gasteiger charge is 2.51. The fourth-order valence-corrected chi connectivity index (χ4v) is 3.13. The van der Waals surface area contributed by atoms with Crippen LogP contribution in [0.5, 0.6) is 0 Å². The van der Waals surface area contributed by atoms with E-state index < -0.39 is 5.79 Å². The molecular weight excluding hydrogens is 252 g/mol. The van der Waals surface area contributed by atoms with Crippen LogP contribution in [0.4, 0.5) is 0 Å². The largest absolute Gasteiger partial charge is 0.350 e. The van der Waals surface area contributed by atoms with Crippen LogP contribution in [0.25, 0.3) is 0 Å². The molecule has 19 heavy (non-hydrogen) atoms. The van der Waals surface area contributed by atoms with Crippen molar-refractivity contribution in [1.82, 2.24) is 0 Å². The summed E-state index contributed by atoms with van der Waals surface area (Å²) < 4.78 is 34.2. The highest BCUT2D eigenvalue weighted by atomic mass is 16.8. The molecule has 3 fully saturated rings. The van der Waals surface area contributed by atoms with Crippen molar-refractivity contribution >= 4 is 0 Å². The number of ether oxygens (including phenoxy) is 6. The Labute approximate surface area is 113 Å². The summed E-state index contributed by atoms with van der Waals surface area (Å²) in [6.45, 7) is 7.69. The van der Waals surface area contributed by atoms with Crippen molar-refractivity contribution in [3.63, 3.8) is 0 Å². The normalized spacial score (nSPS) is 31.9. The van der Waals surface area contributed by atoms with E-state index in [-0.39, 0.29) is 24.4 Å². The van der Waals surface area contributed by atoms with E-state index in [0.29, 0.717) is 39.6 Å². The van der Waals surface area contributed by atoms with Crippen molar-refractivity contribution in [2.45, 2.75) is 32.2 Å². The van der Waals surface area contributed by atoms with Crippen LogP contribution < -0.4 is 0 Å². The number of hydrogen-bond acceptors (Lipinski definition) is 6. The minimum absolute atomic E-state index is 0.0636. The second-order valence-corrected chi connectivity index (χ2v) is 5.32. The topological polar surface area (TPSA) is 55.4 Å². The Morgan fingerprint density at radius 2 is 1.26 bits per heavy atom. The van der Waals surface area contributed by atoms with Gasteiger partial charge in [0.05, 0.1) is 45.6 Å². The van der Waals surface area contributed by atoms with Gasteiger partial charge < -0.3 is 28.4 Å². The molecule has 110 valence electrons. The van der Waals surface area contributed by atoms with Crippen molar-refractivity contribution in [2.24, 2.45) is 11.8 Å². The Morgan fingerprint density at radius 3 is 1.79 bits per heavy atom. The smallest absolute Gasteiger partial charge is 0.173 e. The molecule has 6 nitrogen and oxygen atoms in total. The molecule has 3 saturated heterocycles. The molecule has 0 amide bonds. The fraction of sp³-hybridized carbons (Fsp3) is 1.00. The summed E-state index contributed by atoms with van der Waals surface area (Å²) in [5, 5.41) is 0. The monoisotopic (exact) mass is 274 g/mol. The standard InChI is InChI=1S/C13H22O6/c1-9(11-14-3-4-15-11)10(12-16-5-6-17-12)13(2)18-7-8-19-13/h9-12H,3-8H2,1-2H3. The van der Waals surface area contributed by atoms with Gasteiger partial charge in [-0.2, -0.15) is 0 Å². The van der Waals surface area contributed by atoms with Gasteiger partial charge in [0.1, 0.15) is 0 Å². The second kappa shape index (κ2) is 5.63. The molecule has 6 heteroatoms. The first-order valence-electron chi connectivity index (χ1n) is 6.95. The maximum atomic E-state index is 5.80. The number of hydrogen-bond donors (Lipinski definition) is 0. The van der Waals surface area contributed by atoms with E-state index in [1.165, 1.54) is 0 Å². The van der Waals surface area contributed by atoms with Gasteiger partial charge in [-0.3, -0.25) is 0 Å². The van der Waals surface area contributed by atoms with Crippen LogP contribution in [0.2, 0.25) is 0 Å². The van der Waals surface area contributed by atoms with Crippen molar-refractivity contribution in [2.75, 3.05) is 39.6 Å². The quantitative estimate of drug-likeness (QED) is 0.754. The predicted molar refractivity (Wildman–Crippen MR) is 64.3 cm³/mol. The molecule has 0 spiro atoms. The molecule has 0 aromatic heterocycles. The van der Waals surface area contributed by atoms with Crippen molar-refractivity contribution in [3.8, 4) is 0 Å². The minimum Gasteiger partial charge on any atom is -0.350 e. The van der Waals surface area contributed by atoms with Crippen LogP contribution in [-0.4, -0.2) is 58.0 Å². The van der Waals surface area contributed by atoms with Gasteiger partial charge in [-0.05, 0) is 6.92 Å². The Bertz CT molecular complexity index is 292. The van der Waals surface area contributed by atoms with Crippen molar-refractivity contribution in [1.29, 1.82) is 0 Å². The maximum Gasteiger partial charge on any atom is 0.173 e. The lowest BCUT2D eigenvalue weighted by atomic mass is 9.85. The summed E-state index contributed by atoms with van der Waals surface area (Å²) in [7, 11) is 0. The van der Waals surface area contributed by atoms with Gasteiger partial charge in [-0.25, -0.2) is 0 Å². The Morgan fingerprint density at radius 1 is 0.789 bits per heavy atom. The van der Waals surface area contributed by atoms with Gasteiger partial charge in [-0.15, -0.1) is 0 Å². The average Bonchev–Trinajstić information content (AvgIpc) is 3.10. The Kier molecular flexibility index (Phi) is 4.07. The third-order valence-electron chi connectivity index (χ3n) is 4.05. The zero-order valence-electron chi connectivity index (χ0n) is 11.5. The summed E-state index contributed by atoms with van der Waals surface area (Å²) in [4.78, 5) is 0. The predicted octanol–water partition coefficient (Wildman–Crippen LogP) is 0.747. The molecule has 0 N–H and O–H groups in total. The van der Waals surface area contributed by atoms with E-state index in [2.05, 4.69) is 6.92 Å². The molecular formula is C13H22O6. The third-order valence-corrected chi connectivity index (χ3v) is 4.05. The van der Waals surface area contributed by atoms with Crippen molar-refractivity contribution in [3.05, 3.63) is 0 Å². The molecule has 0 aliphatic carbocycles. The van der Waals surface area contributed by atoms with Crippen LogP contribution in [0.15, 0.2) is 0 Å². The van der Waals surface area contributed by atoms with E-state index >= 15 is 0 Å². The molecule has 0 saturated carbocycles. The highest BCUT2D eigenvalue weighted by molar-refractivity contribution is 4.88. The van der Waals surface area contributed by atoms with Gasteiger partial charge in [0.25, 0.3) is 0 Å². The van der Waals surface area contributed by atoms with E-state index in [0.717, 1.165) is 0 Å². The van der Waals surface area contributed by atoms with E-state index in [1.807, 2.05) is 6.92 Å². The van der Waals surface area contributed by atoms with Crippen LogP contribution in [0.3, 0.4) is 0 Å². The Hall–Kier alpha value is -0.240. The maximum absolute atomic E-state index is 5.80. The summed E-state index contributed by atoms with van der Waals surface area (Å²) in [5.41, 5.74) is 0. The first-order chi connectivity index (χ1) is 9.21. The summed E-state index contributed by atoms with van der Waals surface area (Å²) >= 11 is 0. The van der Waals surface area contributed by atoms with Gasteiger partial charge in [0.2, 0.25) is 0 Å². The van der Waals surface area contributed by atoms with Crippen LogP contribution in [0, 0.1) is 11.8 Å². The van der Waals surface area contributed by atoms with Crippen LogP contribution in [-0.2, 0) is 28.4 Å². The first kappa shape index (κ1) is 13.7. The van der Waals surface area contributed by atoms with Crippen molar-refractivity contribution < 1.29 is 28.4 Å². The molecule has 0 aromatic rings. The van der Waals surface area contributed by atoms with Gasteiger partial charge in [-0.1, -0.05) is 6.92 Å². The minimum atomic E-state index is -0.705. The molecule has 3 aliphatic rings. The number of rotatable bonds is 4. The zero-order valence-corrected chi connectivity index (χ0v) is 11.5. The lowest BCUT2D eigenvalue weighted by Crippen LogP contribution is -2.50. The van der Waals surface area contributed by atoms with Gasteiger partial charge >= 0.3 is 0 Å². The van der Waals surface area contributed by atoms with Gasteiger partial charge in [0, 0.05) is 5.92 Å². The Balaban J connectivity index is 1.78. The molecule has 3 aliphatic heterocycles.